The second-order valence-electron chi connectivity index (χ2n) is 3.72. The van der Waals surface area contributed by atoms with Crippen molar-refractivity contribution in [2.75, 3.05) is 20.2 Å². The SMILES string of the molecule is COC1(CC(=O)NCCN=[N+]=[N-])CCC1. The minimum Gasteiger partial charge on any atom is -0.378 e. The van der Waals surface area contributed by atoms with E-state index in [1.54, 1.807) is 7.11 Å². The molecule has 1 N–H and O–H groups in total. The van der Waals surface area contributed by atoms with E-state index in [4.69, 9.17) is 10.3 Å². The molecule has 0 aromatic rings. The highest BCUT2D eigenvalue weighted by atomic mass is 16.5. The van der Waals surface area contributed by atoms with Crippen LogP contribution in [0.2, 0.25) is 0 Å². The summed E-state index contributed by atoms with van der Waals surface area (Å²) in [6.45, 7) is 0.685. The van der Waals surface area contributed by atoms with Crippen LogP contribution < -0.4 is 5.32 Å². The van der Waals surface area contributed by atoms with Crippen LogP contribution in [0.1, 0.15) is 25.7 Å². The Morgan fingerprint density at radius 3 is 2.87 bits per heavy atom. The topological polar surface area (TPSA) is 87.1 Å². The van der Waals surface area contributed by atoms with Gasteiger partial charge in [-0.25, -0.2) is 0 Å². The van der Waals surface area contributed by atoms with Crippen molar-refractivity contribution in [2.24, 2.45) is 5.11 Å². The van der Waals surface area contributed by atoms with Gasteiger partial charge in [0.2, 0.25) is 5.91 Å². The summed E-state index contributed by atoms with van der Waals surface area (Å²) >= 11 is 0. The number of carbonyl (C=O) groups excluding carboxylic acids is 1. The largest absolute Gasteiger partial charge is 0.378 e. The van der Waals surface area contributed by atoms with E-state index in [1.807, 2.05) is 0 Å². The molecule has 1 aliphatic rings. The summed E-state index contributed by atoms with van der Waals surface area (Å²) in [6, 6.07) is 0. The standard InChI is InChI=1S/C9H16N4O2/c1-15-9(3-2-4-9)7-8(14)11-5-6-12-13-10/h2-7H2,1H3,(H,11,14). The molecular weight excluding hydrogens is 196 g/mol. The lowest BCUT2D eigenvalue weighted by atomic mass is 9.77. The number of methoxy groups -OCH3 is 1. The minimum absolute atomic E-state index is 0.0373. The molecule has 0 unspecified atom stereocenters. The summed E-state index contributed by atoms with van der Waals surface area (Å²) in [6.07, 6.45) is 3.43. The van der Waals surface area contributed by atoms with Gasteiger partial charge >= 0.3 is 0 Å². The van der Waals surface area contributed by atoms with Crippen molar-refractivity contribution in [3.63, 3.8) is 0 Å². The van der Waals surface area contributed by atoms with Crippen LogP contribution in [0.3, 0.4) is 0 Å². The molecule has 1 fully saturated rings. The first-order valence-electron chi connectivity index (χ1n) is 5.05. The number of ether oxygens (including phenoxy) is 1. The second kappa shape index (κ2) is 5.58. The molecule has 0 aliphatic heterocycles. The maximum Gasteiger partial charge on any atom is 0.222 e. The van der Waals surface area contributed by atoms with E-state index in [9.17, 15) is 4.79 Å². The van der Waals surface area contributed by atoms with E-state index in [0.29, 0.717) is 19.5 Å². The molecule has 0 atom stereocenters. The number of hydrogen-bond acceptors (Lipinski definition) is 3. The van der Waals surface area contributed by atoms with Gasteiger partial charge in [0.15, 0.2) is 0 Å². The van der Waals surface area contributed by atoms with Gasteiger partial charge in [-0.05, 0) is 24.8 Å². The summed E-state index contributed by atoms with van der Waals surface area (Å²) in [5, 5.41) is 6.02. The number of nitrogens with one attached hydrogen (secondary N) is 1. The zero-order chi connectivity index (χ0) is 11.1. The average molecular weight is 212 g/mol. The van der Waals surface area contributed by atoms with Crippen LogP contribution >= 0.6 is 0 Å². The van der Waals surface area contributed by atoms with Gasteiger partial charge in [-0.2, -0.15) is 0 Å². The van der Waals surface area contributed by atoms with Crippen LogP contribution in [0.5, 0.6) is 0 Å². The molecule has 1 aliphatic carbocycles. The molecule has 15 heavy (non-hydrogen) atoms. The van der Waals surface area contributed by atoms with E-state index >= 15 is 0 Å². The van der Waals surface area contributed by atoms with Crippen LogP contribution in [0.25, 0.3) is 10.4 Å². The van der Waals surface area contributed by atoms with Gasteiger partial charge in [-0.1, -0.05) is 5.11 Å². The van der Waals surface area contributed by atoms with E-state index in [2.05, 4.69) is 15.3 Å². The molecule has 1 rings (SSSR count). The summed E-state index contributed by atoms with van der Waals surface area (Å²) in [7, 11) is 1.65. The fourth-order valence-electron chi connectivity index (χ4n) is 1.67. The quantitative estimate of drug-likeness (QED) is 0.312. The Labute approximate surface area is 88.6 Å². The summed E-state index contributed by atoms with van der Waals surface area (Å²) in [5.41, 5.74) is 7.80. The van der Waals surface area contributed by atoms with E-state index in [0.717, 1.165) is 19.3 Å². The molecule has 0 aromatic heterocycles. The third-order valence-electron chi connectivity index (χ3n) is 2.78. The molecule has 6 heteroatoms. The predicted molar refractivity (Wildman–Crippen MR) is 55.2 cm³/mol. The third-order valence-corrected chi connectivity index (χ3v) is 2.78. The van der Waals surface area contributed by atoms with Gasteiger partial charge < -0.3 is 10.1 Å². The number of nitrogens with zero attached hydrogens (tertiary/aromatic N) is 3. The summed E-state index contributed by atoms with van der Waals surface area (Å²) in [5.74, 6) is -0.0373. The van der Waals surface area contributed by atoms with Gasteiger partial charge in [-0.15, -0.1) is 0 Å². The first kappa shape index (κ1) is 11.8. The van der Waals surface area contributed by atoms with Gasteiger partial charge in [-0.3, -0.25) is 4.79 Å². The maximum absolute atomic E-state index is 11.4. The van der Waals surface area contributed by atoms with Gasteiger partial charge in [0.05, 0.1) is 12.0 Å². The molecule has 0 heterocycles. The van der Waals surface area contributed by atoms with Crippen LogP contribution in [-0.4, -0.2) is 31.7 Å². The highest BCUT2D eigenvalue weighted by Gasteiger charge is 2.38. The zero-order valence-electron chi connectivity index (χ0n) is 8.90. The Morgan fingerprint density at radius 2 is 2.40 bits per heavy atom. The Balaban J connectivity index is 2.20. The lowest BCUT2D eigenvalue weighted by molar-refractivity contribution is -0.134. The molecule has 84 valence electrons. The third kappa shape index (κ3) is 3.42. The molecule has 1 amide bonds. The summed E-state index contributed by atoms with van der Waals surface area (Å²) in [4.78, 5) is 14.0. The number of carbonyl (C=O) groups is 1. The van der Waals surface area contributed by atoms with Gasteiger partial charge in [0.1, 0.15) is 0 Å². The number of azide groups is 1. The van der Waals surface area contributed by atoms with Gasteiger partial charge in [0, 0.05) is 25.1 Å². The fourth-order valence-corrected chi connectivity index (χ4v) is 1.67. The molecule has 0 spiro atoms. The fraction of sp³-hybridized carbons (Fsp3) is 0.889. The van der Waals surface area contributed by atoms with E-state index in [1.165, 1.54) is 0 Å². The predicted octanol–water partition coefficient (Wildman–Crippen LogP) is 1.37. The van der Waals surface area contributed by atoms with Crippen molar-refractivity contribution < 1.29 is 9.53 Å². The Bertz CT molecular complexity index is 264. The van der Waals surface area contributed by atoms with E-state index < -0.39 is 0 Å². The molecule has 0 saturated heterocycles. The zero-order valence-corrected chi connectivity index (χ0v) is 8.90. The smallest absolute Gasteiger partial charge is 0.222 e. The molecule has 1 saturated carbocycles. The Hall–Kier alpha value is -1.26. The van der Waals surface area contributed by atoms with Crippen LogP contribution in [-0.2, 0) is 9.53 Å². The van der Waals surface area contributed by atoms with Crippen LogP contribution in [0.4, 0.5) is 0 Å². The first-order valence-corrected chi connectivity index (χ1v) is 5.05. The molecule has 0 radical (unpaired) electrons. The van der Waals surface area contributed by atoms with Crippen molar-refractivity contribution in [2.45, 2.75) is 31.3 Å². The second-order valence-corrected chi connectivity index (χ2v) is 3.72. The van der Waals surface area contributed by atoms with Gasteiger partial charge in [0.25, 0.3) is 0 Å². The maximum atomic E-state index is 11.4. The molecule has 6 nitrogen and oxygen atoms in total. The van der Waals surface area contributed by atoms with E-state index in [-0.39, 0.29) is 11.5 Å². The first-order chi connectivity index (χ1) is 7.22. The minimum atomic E-state index is -0.234. The van der Waals surface area contributed by atoms with Crippen molar-refractivity contribution in [1.82, 2.24) is 5.32 Å². The lowest BCUT2D eigenvalue weighted by Crippen LogP contribution is -2.44. The number of hydrogen-bond donors (Lipinski definition) is 1. The van der Waals surface area contributed by atoms with Crippen molar-refractivity contribution in [3.05, 3.63) is 10.4 Å². The number of rotatable bonds is 6. The molecular formula is C9H16N4O2. The Morgan fingerprint density at radius 1 is 1.67 bits per heavy atom. The highest BCUT2D eigenvalue weighted by Crippen LogP contribution is 2.37. The lowest BCUT2D eigenvalue weighted by Gasteiger charge is -2.39. The van der Waals surface area contributed by atoms with Crippen molar-refractivity contribution >= 4 is 5.91 Å². The summed E-state index contributed by atoms with van der Waals surface area (Å²) < 4.78 is 5.33. The van der Waals surface area contributed by atoms with Crippen molar-refractivity contribution in [3.8, 4) is 0 Å². The average Bonchev–Trinajstić information content (AvgIpc) is 2.18. The molecule has 0 aromatic carbocycles. The van der Waals surface area contributed by atoms with Crippen molar-refractivity contribution in [1.29, 1.82) is 0 Å². The monoisotopic (exact) mass is 212 g/mol. The highest BCUT2D eigenvalue weighted by molar-refractivity contribution is 5.77. The van der Waals surface area contributed by atoms with Crippen LogP contribution in [0, 0.1) is 0 Å². The Kier molecular flexibility index (Phi) is 4.39. The van der Waals surface area contributed by atoms with Crippen LogP contribution in [0.15, 0.2) is 5.11 Å². The molecule has 0 bridgehead atoms. The normalized spacial score (nSPS) is 17.4. The number of amides is 1.